The van der Waals surface area contributed by atoms with E-state index in [0.717, 1.165) is 0 Å². The van der Waals surface area contributed by atoms with Gasteiger partial charge in [0.05, 0.1) is 18.2 Å². The van der Waals surface area contributed by atoms with Gasteiger partial charge in [-0.3, -0.25) is 4.79 Å². The fourth-order valence-corrected chi connectivity index (χ4v) is 1.000. The van der Waals surface area contributed by atoms with Crippen LogP contribution in [0.15, 0.2) is 0 Å². The zero-order chi connectivity index (χ0) is 12.1. The maximum Gasteiger partial charge on any atom is 0.239 e. The number of carbonyl (C=O) groups excluding carboxylic acids is 1. The van der Waals surface area contributed by atoms with Gasteiger partial charge in [-0.05, 0) is 26.7 Å². The number of carbonyl (C=O) groups is 1. The molecule has 0 radical (unpaired) electrons. The van der Waals surface area contributed by atoms with Crippen molar-refractivity contribution in [2.45, 2.75) is 46.2 Å². The van der Waals surface area contributed by atoms with Crippen molar-refractivity contribution in [1.29, 1.82) is 0 Å². The van der Waals surface area contributed by atoms with Crippen molar-refractivity contribution in [2.24, 2.45) is 11.7 Å². The van der Waals surface area contributed by atoms with Gasteiger partial charge in [-0.2, -0.15) is 0 Å². The number of hydrogen-bond donors (Lipinski definition) is 2. The van der Waals surface area contributed by atoms with E-state index < -0.39 is 5.54 Å². The van der Waals surface area contributed by atoms with Crippen LogP contribution in [0, 0.1) is 5.92 Å². The highest BCUT2D eigenvalue weighted by Crippen LogP contribution is 2.05. The second-order valence-corrected chi connectivity index (χ2v) is 4.71. The Morgan fingerprint density at radius 1 is 1.47 bits per heavy atom. The van der Waals surface area contributed by atoms with Gasteiger partial charge in [0.25, 0.3) is 0 Å². The number of rotatable bonds is 6. The van der Waals surface area contributed by atoms with Gasteiger partial charge in [0.1, 0.15) is 0 Å². The Kier molecular flexibility index (Phi) is 5.83. The molecule has 0 fully saturated rings. The minimum atomic E-state index is -0.834. The SMILES string of the molecule is CCOCC(NC(=O)C(C)(C)N)C(C)C. The molecule has 0 aliphatic carbocycles. The Bertz CT molecular complexity index is 197. The first-order valence-corrected chi connectivity index (χ1v) is 5.46. The Labute approximate surface area is 92.6 Å². The molecule has 0 heterocycles. The molecule has 0 aromatic heterocycles. The van der Waals surface area contributed by atoms with E-state index in [4.69, 9.17) is 10.5 Å². The molecule has 0 saturated carbocycles. The normalized spacial score (nSPS) is 14.1. The lowest BCUT2D eigenvalue weighted by Gasteiger charge is -2.26. The molecule has 4 nitrogen and oxygen atoms in total. The number of nitrogens with two attached hydrogens (primary N) is 1. The average Bonchev–Trinajstić information content (AvgIpc) is 2.09. The molecule has 0 aromatic rings. The fraction of sp³-hybridized carbons (Fsp3) is 0.909. The Morgan fingerprint density at radius 2 is 2.00 bits per heavy atom. The number of nitrogens with one attached hydrogen (secondary N) is 1. The molecule has 4 heteroatoms. The lowest BCUT2D eigenvalue weighted by Crippen LogP contribution is -2.54. The largest absolute Gasteiger partial charge is 0.380 e. The summed E-state index contributed by atoms with van der Waals surface area (Å²) in [5.41, 5.74) is 4.87. The third-order valence-corrected chi connectivity index (χ3v) is 2.21. The summed E-state index contributed by atoms with van der Waals surface area (Å²) in [6, 6.07) is 0.0280. The van der Waals surface area contributed by atoms with Crippen LogP contribution in [-0.2, 0) is 9.53 Å². The van der Waals surface area contributed by atoms with E-state index in [1.165, 1.54) is 0 Å². The minimum absolute atomic E-state index is 0.0280. The molecule has 0 aliphatic rings. The summed E-state index contributed by atoms with van der Waals surface area (Å²) in [6.07, 6.45) is 0. The van der Waals surface area contributed by atoms with Crippen LogP contribution >= 0.6 is 0 Å². The molecule has 0 aliphatic heterocycles. The van der Waals surface area contributed by atoms with Gasteiger partial charge in [0.2, 0.25) is 5.91 Å². The van der Waals surface area contributed by atoms with Gasteiger partial charge < -0.3 is 15.8 Å². The van der Waals surface area contributed by atoms with Crippen molar-refractivity contribution in [3.05, 3.63) is 0 Å². The number of ether oxygens (including phenoxy) is 1. The maximum absolute atomic E-state index is 11.7. The van der Waals surface area contributed by atoms with Gasteiger partial charge in [0, 0.05) is 6.61 Å². The van der Waals surface area contributed by atoms with Crippen molar-refractivity contribution >= 4 is 5.91 Å². The first-order chi connectivity index (χ1) is 6.79. The predicted octanol–water partition coefficient (Wildman–Crippen LogP) is 0.901. The molecule has 1 unspecified atom stereocenters. The van der Waals surface area contributed by atoms with Crippen LogP contribution in [0.4, 0.5) is 0 Å². The Hall–Kier alpha value is -0.610. The van der Waals surface area contributed by atoms with Crippen molar-refractivity contribution in [2.75, 3.05) is 13.2 Å². The van der Waals surface area contributed by atoms with E-state index in [1.807, 2.05) is 20.8 Å². The van der Waals surface area contributed by atoms with Crippen LogP contribution < -0.4 is 11.1 Å². The molecule has 0 saturated heterocycles. The molecule has 90 valence electrons. The highest BCUT2D eigenvalue weighted by atomic mass is 16.5. The van der Waals surface area contributed by atoms with Crippen LogP contribution in [0.2, 0.25) is 0 Å². The topological polar surface area (TPSA) is 64.3 Å². The van der Waals surface area contributed by atoms with Gasteiger partial charge in [0.15, 0.2) is 0 Å². The molecule has 1 atom stereocenters. The summed E-state index contributed by atoms with van der Waals surface area (Å²) < 4.78 is 5.31. The monoisotopic (exact) mass is 216 g/mol. The van der Waals surface area contributed by atoms with Crippen molar-refractivity contribution in [3.8, 4) is 0 Å². The standard InChI is InChI=1S/C11H24N2O2/c1-6-15-7-9(8(2)3)13-10(14)11(4,5)12/h8-9H,6-7,12H2,1-5H3,(H,13,14). The van der Waals surface area contributed by atoms with Crippen LogP contribution in [0.25, 0.3) is 0 Å². The summed E-state index contributed by atoms with van der Waals surface area (Å²) in [6.45, 7) is 10.6. The number of hydrogen-bond acceptors (Lipinski definition) is 3. The van der Waals surface area contributed by atoms with Crippen LogP contribution in [0.1, 0.15) is 34.6 Å². The maximum atomic E-state index is 11.7. The molecule has 15 heavy (non-hydrogen) atoms. The zero-order valence-electron chi connectivity index (χ0n) is 10.5. The molecule has 0 bridgehead atoms. The fourth-order valence-electron chi connectivity index (χ4n) is 1.000. The third kappa shape index (κ3) is 5.74. The molecule has 1 amide bonds. The second-order valence-electron chi connectivity index (χ2n) is 4.71. The van der Waals surface area contributed by atoms with E-state index >= 15 is 0 Å². The van der Waals surface area contributed by atoms with Gasteiger partial charge in [-0.25, -0.2) is 0 Å². The summed E-state index contributed by atoms with van der Waals surface area (Å²) in [4.78, 5) is 11.7. The van der Waals surface area contributed by atoms with Gasteiger partial charge >= 0.3 is 0 Å². The van der Waals surface area contributed by atoms with E-state index in [0.29, 0.717) is 19.1 Å². The Balaban J connectivity index is 4.23. The smallest absolute Gasteiger partial charge is 0.239 e. The van der Waals surface area contributed by atoms with Gasteiger partial charge in [-0.15, -0.1) is 0 Å². The van der Waals surface area contributed by atoms with Gasteiger partial charge in [-0.1, -0.05) is 13.8 Å². The summed E-state index contributed by atoms with van der Waals surface area (Å²) in [5.74, 6) is 0.198. The summed E-state index contributed by atoms with van der Waals surface area (Å²) in [7, 11) is 0. The molecular formula is C11H24N2O2. The Morgan fingerprint density at radius 3 is 2.33 bits per heavy atom. The van der Waals surface area contributed by atoms with Crippen molar-refractivity contribution < 1.29 is 9.53 Å². The quantitative estimate of drug-likeness (QED) is 0.693. The highest BCUT2D eigenvalue weighted by molar-refractivity contribution is 5.85. The molecule has 0 spiro atoms. The number of amides is 1. The molecule has 0 aromatic carbocycles. The summed E-state index contributed by atoms with van der Waals surface area (Å²) in [5, 5.41) is 2.90. The highest BCUT2D eigenvalue weighted by Gasteiger charge is 2.25. The van der Waals surface area contributed by atoms with E-state index in [9.17, 15) is 4.79 Å². The average molecular weight is 216 g/mol. The lowest BCUT2D eigenvalue weighted by molar-refractivity contribution is -0.126. The van der Waals surface area contributed by atoms with Crippen molar-refractivity contribution in [3.63, 3.8) is 0 Å². The van der Waals surface area contributed by atoms with E-state index in [-0.39, 0.29) is 11.9 Å². The summed E-state index contributed by atoms with van der Waals surface area (Å²) >= 11 is 0. The first kappa shape index (κ1) is 14.4. The second kappa shape index (κ2) is 6.08. The zero-order valence-corrected chi connectivity index (χ0v) is 10.5. The third-order valence-electron chi connectivity index (χ3n) is 2.21. The first-order valence-electron chi connectivity index (χ1n) is 5.46. The molecule has 0 rings (SSSR count). The molecular weight excluding hydrogens is 192 g/mol. The van der Waals surface area contributed by atoms with Crippen LogP contribution in [-0.4, -0.2) is 30.7 Å². The molecule has 3 N–H and O–H groups in total. The van der Waals surface area contributed by atoms with Crippen LogP contribution in [0.3, 0.4) is 0 Å². The minimum Gasteiger partial charge on any atom is -0.380 e. The van der Waals surface area contributed by atoms with Crippen molar-refractivity contribution in [1.82, 2.24) is 5.32 Å². The van der Waals surface area contributed by atoms with E-state index in [1.54, 1.807) is 13.8 Å². The van der Waals surface area contributed by atoms with E-state index in [2.05, 4.69) is 5.32 Å². The lowest BCUT2D eigenvalue weighted by atomic mass is 10.0. The predicted molar refractivity (Wildman–Crippen MR) is 61.5 cm³/mol. The van der Waals surface area contributed by atoms with Crippen LogP contribution in [0.5, 0.6) is 0 Å².